The fourth-order valence-corrected chi connectivity index (χ4v) is 3.08. The van der Waals surface area contributed by atoms with Gasteiger partial charge in [-0.3, -0.25) is 9.52 Å². The van der Waals surface area contributed by atoms with E-state index in [1.165, 1.54) is 18.3 Å². The Morgan fingerprint density at radius 3 is 2.65 bits per heavy atom. The molecule has 0 aliphatic heterocycles. The van der Waals surface area contributed by atoms with Crippen molar-refractivity contribution in [3.63, 3.8) is 0 Å². The summed E-state index contributed by atoms with van der Waals surface area (Å²) in [5.74, 6) is 0. The lowest BCUT2D eigenvalue weighted by Gasteiger charge is -2.07. The van der Waals surface area contributed by atoms with Crippen molar-refractivity contribution in [3.05, 3.63) is 49.5 Å². The van der Waals surface area contributed by atoms with Crippen LogP contribution in [0.25, 0.3) is 0 Å². The molecule has 6 nitrogen and oxygen atoms in total. The van der Waals surface area contributed by atoms with Crippen molar-refractivity contribution < 1.29 is 8.42 Å². The largest absolute Gasteiger partial charge is 0.326 e. The Hall–Kier alpha value is -1.09. The second-order valence-corrected chi connectivity index (χ2v) is 6.94. The van der Waals surface area contributed by atoms with Crippen LogP contribution in [0.4, 0.5) is 5.69 Å². The highest BCUT2D eigenvalue weighted by Crippen LogP contribution is 2.23. The molecule has 0 spiro atoms. The molecule has 0 atom stereocenters. The molecule has 10 heteroatoms. The van der Waals surface area contributed by atoms with Crippen molar-refractivity contribution in [1.29, 1.82) is 0 Å². The lowest BCUT2D eigenvalue weighted by atomic mass is 10.4. The van der Waals surface area contributed by atoms with Crippen LogP contribution >= 0.6 is 39.1 Å². The van der Waals surface area contributed by atoms with Crippen LogP contribution in [-0.2, 0) is 10.0 Å². The van der Waals surface area contributed by atoms with E-state index >= 15 is 0 Å². The van der Waals surface area contributed by atoms with Gasteiger partial charge in [0.1, 0.15) is 15.7 Å². The number of aromatic amines is 1. The molecule has 2 aromatic heterocycles. The number of nitrogens with one attached hydrogen (secondary N) is 2. The lowest BCUT2D eigenvalue weighted by Crippen LogP contribution is -2.20. The second-order valence-electron chi connectivity index (χ2n) is 3.61. The first kappa shape index (κ1) is 15.3. The number of halogens is 3. The standard InChI is InChI=1S/C10H6BrCl2N3O3S/c11-7-2-6(4-14-9(7)13)20(18,19)16-8-1-5(12)3-15-10(8)17/h1-4,16H,(H,15,17). The van der Waals surface area contributed by atoms with Crippen LogP contribution < -0.4 is 10.3 Å². The molecule has 20 heavy (non-hydrogen) atoms. The summed E-state index contributed by atoms with van der Waals surface area (Å²) >= 11 is 14.5. The Bertz CT molecular complexity index is 823. The third kappa shape index (κ3) is 3.32. The number of aromatic nitrogens is 2. The number of H-pyrrole nitrogens is 1. The average Bonchev–Trinajstić information content (AvgIpc) is 2.36. The van der Waals surface area contributed by atoms with E-state index in [1.807, 2.05) is 0 Å². The lowest BCUT2D eigenvalue weighted by molar-refractivity contribution is 0.600. The molecule has 0 saturated carbocycles. The fourth-order valence-electron chi connectivity index (χ4n) is 1.29. The summed E-state index contributed by atoms with van der Waals surface area (Å²) in [4.78, 5) is 17.4. The van der Waals surface area contributed by atoms with Crippen molar-refractivity contribution in [2.24, 2.45) is 0 Å². The summed E-state index contributed by atoms with van der Waals surface area (Å²) in [6.07, 6.45) is 2.33. The van der Waals surface area contributed by atoms with Gasteiger partial charge in [0.2, 0.25) is 0 Å². The third-order valence-electron chi connectivity index (χ3n) is 2.19. The Kier molecular flexibility index (Phi) is 4.38. The van der Waals surface area contributed by atoms with Gasteiger partial charge in [-0.15, -0.1) is 0 Å². The zero-order valence-electron chi connectivity index (χ0n) is 9.52. The molecule has 0 unspecified atom stereocenters. The van der Waals surface area contributed by atoms with Gasteiger partial charge in [0.05, 0.1) is 9.50 Å². The number of anilines is 1. The molecule has 106 valence electrons. The van der Waals surface area contributed by atoms with Crippen molar-refractivity contribution in [3.8, 4) is 0 Å². The van der Waals surface area contributed by atoms with E-state index in [4.69, 9.17) is 23.2 Å². The molecule has 0 aromatic carbocycles. The highest BCUT2D eigenvalue weighted by Gasteiger charge is 2.18. The summed E-state index contributed by atoms with van der Waals surface area (Å²) in [6.45, 7) is 0. The normalized spacial score (nSPS) is 11.3. The molecule has 0 aliphatic rings. The molecular formula is C10H6BrCl2N3O3S. The predicted octanol–water partition coefficient (Wildman–Crippen LogP) is 2.64. The molecule has 0 bridgehead atoms. The summed E-state index contributed by atoms with van der Waals surface area (Å²) < 4.78 is 26.7. The van der Waals surface area contributed by atoms with Crippen LogP contribution in [0.5, 0.6) is 0 Å². The van der Waals surface area contributed by atoms with Crippen LogP contribution in [0.2, 0.25) is 10.2 Å². The fraction of sp³-hybridized carbons (Fsp3) is 0. The monoisotopic (exact) mass is 397 g/mol. The third-order valence-corrected chi connectivity index (χ3v) is 4.88. The topological polar surface area (TPSA) is 91.9 Å². The zero-order valence-corrected chi connectivity index (χ0v) is 13.4. The van der Waals surface area contributed by atoms with Crippen LogP contribution in [-0.4, -0.2) is 18.4 Å². The Labute approximate surface area is 132 Å². The minimum Gasteiger partial charge on any atom is -0.326 e. The first-order valence-corrected chi connectivity index (χ1v) is 8.05. The van der Waals surface area contributed by atoms with Crippen molar-refractivity contribution in [2.75, 3.05) is 4.72 Å². The molecule has 2 heterocycles. The molecule has 2 rings (SSSR count). The number of hydrogen-bond donors (Lipinski definition) is 2. The van der Waals surface area contributed by atoms with Crippen LogP contribution in [0, 0.1) is 0 Å². The van der Waals surface area contributed by atoms with Gasteiger partial charge < -0.3 is 4.98 Å². The quantitative estimate of drug-likeness (QED) is 0.777. The van der Waals surface area contributed by atoms with Gasteiger partial charge in [-0.2, -0.15) is 0 Å². The number of sulfonamides is 1. The first-order valence-electron chi connectivity index (χ1n) is 5.02. The average molecular weight is 399 g/mol. The molecule has 2 N–H and O–H groups in total. The van der Waals surface area contributed by atoms with Gasteiger partial charge in [-0.1, -0.05) is 23.2 Å². The van der Waals surface area contributed by atoms with Gasteiger partial charge >= 0.3 is 0 Å². The van der Waals surface area contributed by atoms with E-state index in [-0.39, 0.29) is 20.8 Å². The van der Waals surface area contributed by atoms with Crippen molar-refractivity contribution in [1.82, 2.24) is 9.97 Å². The maximum Gasteiger partial charge on any atom is 0.272 e. The summed E-state index contributed by atoms with van der Waals surface area (Å²) in [6, 6.07) is 2.48. The van der Waals surface area contributed by atoms with E-state index < -0.39 is 15.6 Å². The smallest absolute Gasteiger partial charge is 0.272 e. The highest BCUT2D eigenvalue weighted by molar-refractivity contribution is 9.10. The molecule has 0 fully saturated rings. The minimum atomic E-state index is -3.97. The number of pyridine rings is 2. The molecular weight excluding hydrogens is 393 g/mol. The van der Waals surface area contributed by atoms with Gasteiger partial charge in [0.25, 0.3) is 15.6 Å². The Morgan fingerprint density at radius 2 is 2.00 bits per heavy atom. The maximum atomic E-state index is 12.1. The SMILES string of the molecule is O=c1[nH]cc(Cl)cc1NS(=O)(=O)c1cnc(Cl)c(Br)c1. The van der Waals surface area contributed by atoms with Gasteiger partial charge in [-0.25, -0.2) is 13.4 Å². The Balaban J connectivity index is 2.43. The molecule has 0 aliphatic carbocycles. The van der Waals surface area contributed by atoms with Crippen LogP contribution in [0.3, 0.4) is 0 Å². The van der Waals surface area contributed by atoms with E-state index in [1.54, 1.807) is 0 Å². The highest BCUT2D eigenvalue weighted by atomic mass is 79.9. The predicted molar refractivity (Wildman–Crippen MR) is 79.8 cm³/mol. The van der Waals surface area contributed by atoms with Crippen molar-refractivity contribution in [2.45, 2.75) is 4.90 Å². The molecule has 0 saturated heterocycles. The number of nitrogens with zero attached hydrogens (tertiary/aromatic N) is 1. The van der Waals surface area contributed by atoms with Gasteiger partial charge in [0.15, 0.2) is 0 Å². The summed E-state index contributed by atoms with van der Waals surface area (Å²) in [7, 11) is -3.97. The molecule has 2 aromatic rings. The second kappa shape index (κ2) is 5.72. The zero-order chi connectivity index (χ0) is 14.9. The first-order chi connectivity index (χ1) is 9.29. The van der Waals surface area contributed by atoms with Crippen molar-refractivity contribution >= 4 is 54.8 Å². The Morgan fingerprint density at radius 1 is 1.30 bits per heavy atom. The van der Waals surface area contributed by atoms with E-state index in [0.717, 1.165) is 6.20 Å². The van der Waals surface area contributed by atoms with E-state index in [2.05, 4.69) is 30.6 Å². The summed E-state index contributed by atoms with van der Waals surface area (Å²) in [5.41, 5.74) is -0.803. The van der Waals surface area contributed by atoms with Crippen LogP contribution in [0.1, 0.15) is 0 Å². The molecule has 0 radical (unpaired) electrons. The number of rotatable bonds is 3. The van der Waals surface area contributed by atoms with E-state index in [9.17, 15) is 13.2 Å². The molecule has 0 amide bonds. The van der Waals surface area contributed by atoms with Gasteiger partial charge in [0, 0.05) is 12.4 Å². The minimum absolute atomic E-state index is 0.129. The number of hydrogen-bond acceptors (Lipinski definition) is 4. The van der Waals surface area contributed by atoms with E-state index in [0.29, 0.717) is 4.47 Å². The maximum absolute atomic E-state index is 12.1. The van der Waals surface area contributed by atoms with Crippen LogP contribution in [0.15, 0.2) is 38.7 Å². The van der Waals surface area contributed by atoms with Gasteiger partial charge in [-0.05, 0) is 28.1 Å². The summed E-state index contributed by atoms with van der Waals surface area (Å²) in [5, 5.41) is 0.322.